The number of hydrogen-bond acceptors (Lipinski definition) is 4. The Morgan fingerprint density at radius 2 is 2.16 bits per heavy atom. The highest BCUT2D eigenvalue weighted by Gasteiger charge is 2.58. The first-order valence-corrected chi connectivity index (χ1v) is 5.84. The van der Waals surface area contributed by atoms with Crippen molar-refractivity contribution in [3.8, 4) is 12.3 Å². The molecule has 1 rings (SSSR count). The number of terminal acetylenes is 1. The van der Waals surface area contributed by atoms with Gasteiger partial charge in [-0.1, -0.05) is 0 Å². The summed E-state index contributed by atoms with van der Waals surface area (Å²) in [5, 5.41) is 2.58. The molecule has 1 heterocycles. The van der Waals surface area contributed by atoms with Crippen molar-refractivity contribution in [1.82, 2.24) is 10.2 Å². The van der Waals surface area contributed by atoms with Gasteiger partial charge in [0.15, 0.2) is 0 Å². The fourth-order valence-corrected chi connectivity index (χ4v) is 2.17. The highest BCUT2D eigenvalue weighted by Crippen LogP contribution is 2.33. The molecule has 1 atom stereocenters. The van der Waals surface area contributed by atoms with Crippen LogP contribution in [0.5, 0.6) is 0 Å². The second kappa shape index (κ2) is 4.92. The van der Waals surface area contributed by atoms with E-state index in [1.165, 1.54) is 18.9 Å². The second-order valence-electron chi connectivity index (χ2n) is 5.09. The fraction of sp³-hybridized carbons (Fsp3) is 0.615. The number of methoxy groups -OCH3 is 1. The zero-order chi connectivity index (χ0) is 14.8. The normalized spacial score (nSPS) is 22.3. The number of rotatable bonds is 4. The molecular formula is C13H18N2O4. The zero-order valence-corrected chi connectivity index (χ0v) is 11.6. The maximum Gasteiger partial charge on any atom is 0.331 e. The summed E-state index contributed by atoms with van der Waals surface area (Å²) in [5.41, 5.74) is -2.17. The van der Waals surface area contributed by atoms with Crippen molar-refractivity contribution < 1.29 is 19.1 Å². The van der Waals surface area contributed by atoms with Gasteiger partial charge in [0.2, 0.25) is 5.91 Å². The van der Waals surface area contributed by atoms with Gasteiger partial charge < -0.3 is 15.0 Å². The third kappa shape index (κ3) is 2.41. The van der Waals surface area contributed by atoms with Crippen LogP contribution in [-0.2, 0) is 19.1 Å². The molecule has 0 bridgehead atoms. The van der Waals surface area contributed by atoms with E-state index in [9.17, 15) is 14.4 Å². The monoisotopic (exact) mass is 266 g/mol. The molecule has 2 amide bonds. The summed E-state index contributed by atoms with van der Waals surface area (Å²) in [7, 11) is 1.26. The Labute approximate surface area is 112 Å². The zero-order valence-electron chi connectivity index (χ0n) is 11.6. The largest absolute Gasteiger partial charge is 0.467 e. The van der Waals surface area contributed by atoms with Crippen LogP contribution in [0.2, 0.25) is 0 Å². The fourth-order valence-electron chi connectivity index (χ4n) is 2.17. The molecule has 1 saturated heterocycles. The maximum absolute atomic E-state index is 12.3. The number of carbonyl (C=O) groups is 3. The molecule has 0 radical (unpaired) electrons. The quantitative estimate of drug-likeness (QED) is 0.430. The van der Waals surface area contributed by atoms with E-state index < -0.39 is 17.0 Å². The number of hydrogen-bond donors (Lipinski definition) is 1. The van der Waals surface area contributed by atoms with Gasteiger partial charge in [0, 0.05) is 13.3 Å². The number of esters is 1. The Morgan fingerprint density at radius 3 is 2.53 bits per heavy atom. The van der Waals surface area contributed by atoms with Crippen LogP contribution >= 0.6 is 0 Å². The first-order chi connectivity index (χ1) is 8.71. The van der Waals surface area contributed by atoms with Gasteiger partial charge in [0.25, 0.3) is 5.91 Å². The predicted molar refractivity (Wildman–Crippen MR) is 67.8 cm³/mol. The van der Waals surface area contributed by atoms with Crippen molar-refractivity contribution >= 4 is 17.8 Å². The Bertz CT molecular complexity index is 464. The van der Waals surface area contributed by atoms with Gasteiger partial charge in [-0.05, 0) is 13.8 Å². The summed E-state index contributed by atoms with van der Waals surface area (Å²) in [6.45, 7) is 4.69. The molecule has 0 unspecified atom stereocenters. The van der Waals surface area contributed by atoms with Crippen molar-refractivity contribution in [1.29, 1.82) is 0 Å². The minimum absolute atomic E-state index is 0.0964. The van der Waals surface area contributed by atoms with Crippen LogP contribution in [-0.4, -0.2) is 47.4 Å². The van der Waals surface area contributed by atoms with Gasteiger partial charge in [-0.15, -0.1) is 12.3 Å². The summed E-state index contributed by atoms with van der Waals surface area (Å²) in [6.07, 6.45) is 5.34. The third-order valence-electron chi connectivity index (χ3n) is 3.26. The van der Waals surface area contributed by atoms with Gasteiger partial charge in [-0.2, -0.15) is 0 Å². The molecule has 0 aliphatic carbocycles. The second-order valence-corrected chi connectivity index (χ2v) is 5.09. The molecule has 104 valence electrons. The number of likely N-dealkylation sites (tertiary alicyclic amines) is 1. The van der Waals surface area contributed by atoms with Crippen LogP contribution < -0.4 is 5.32 Å². The van der Waals surface area contributed by atoms with E-state index >= 15 is 0 Å². The SMILES string of the molecule is C#CC[C@@]1(NC(C)=O)CN(C(C)(C)C(=O)OC)C1=O. The van der Waals surface area contributed by atoms with E-state index in [2.05, 4.69) is 16.0 Å². The molecule has 0 spiro atoms. The number of β-lactam (4-membered cyclic amide) rings is 1. The topological polar surface area (TPSA) is 75.7 Å². The van der Waals surface area contributed by atoms with Gasteiger partial charge in [-0.3, -0.25) is 9.59 Å². The average molecular weight is 266 g/mol. The van der Waals surface area contributed by atoms with Gasteiger partial charge in [-0.25, -0.2) is 4.79 Å². The lowest BCUT2D eigenvalue weighted by Crippen LogP contribution is -2.78. The molecule has 0 aromatic heterocycles. The molecule has 1 aliphatic heterocycles. The Hall–Kier alpha value is -2.03. The average Bonchev–Trinajstić information content (AvgIpc) is 2.33. The molecule has 0 aromatic rings. The molecule has 6 heteroatoms. The minimum atomic E-state index is -1.09. The van der Waals surface area contributed by atoms with Crippen LogP contribution in [0.25, 0.3) is 0 Å². The van der Waals surface area contributed by atoms with Crippen LogP contribution in [0.1, 0.15) is 27.2 Å². The molecular weight excluding hydrogens is 248 g/mol. The number of amides is 2. The van der Waals surface area contributed by atoms with Crippen molar-refractivity contribution in [3.05, 3.63) is 0 Å². The number of nitrogens with zero attached hydrogens (tertiary/aromatic N) is 1. The van der Waals surface area contributed by atoms with E-state index in [1.54, 1.807) is 13.8 Å². The first kappa shape index (κ1) is 15.0. The molecule has 1 N–H and O–H groups in total. The standard InChI is InChI=1S/C13H18N2O4/c1-6-7-13(14-9(2)16)8-15(10(13)17)12(3,4)11(18)19-5/h1H,7-8H2,2-5H3,(H,14,16)/t13-/m1/s1. The van der Waals surface area contributed by atoms with E-state index in [-0.39, 0.29) is 24.8 Å². The summed E-state index contributed by atoms with van der Waals surface area (Å²) >= 11 is 0. The lowest BCUT2D eigenvalue weighted by molar-refractivity contribution is -0.175. The number of carbonyl (C=O) groups excluding carboxylic acids is 3. The van der Waals surface area contributed by atoms with E-state index in [0.717, 1.165) is 0 Å². The Balaban J connectivity index is 2.93. The highest BCUT2D eigenvalue weighted by molar-refractivity contribution is 6.00. The molecule has 6 nitrogen and oxygen atoms in total. The lowest BCUT2D eigenvalue weighted by Gasteiger charge is -2.53. The van der Waals surface area contributed by atoms with Crippen molar-refractivity contribution in [2.45, 2.75) is 38.3 Å². The van der Waals surface area contributed by atoms with Crippen molar-refractivity contribution in [2.75, 3.05) is 13.7 Å². The third-order valence-corrected chi connectivity index (χ3v) is 3.26. The predicted octanol–water partition coefficient (Wildman–Crippen LogP) is -0.322. The van der Waals surface area contributed by atoms with Crippen molar-refractivity contribution in [3.63, 3.8) is 0 Å². The lowest BCUT2D eigenvalue weighted by atomic mass is 9.81. The smallest absolute Gasteiger partial charge is 0.331 e. The molecule has 19 heavy (non-hydrogen) atoms. The summed E-state index contributed by atoms with van der Waals surface area (Å²) in [4.78, 5) is 36.5. The molecule has 0 aromatic carbocycles. The van der Waals surface area contributed by atoms with Crippen molar-refractivity contribution in [2.24, 2.45) is 0 Å². The summed E-state index contributed by atoms with van der Waals surface area (Å²) < 4.78 is 4.67. The van der Waals surface area contributed by atoms with Gasteiger partial charge in [0.05, 0.1) is 13.7 Å². The van der Waals surface area contributed by atoms with Crippen LogP contribution in [0.15, 0.2) is 0 Å². The minimum Gasteiger partial charge on any atom is -0.467 e. The molecule has 1 aliphatic rings. The number of nitrogens with one attached hydrogen (secondary N) is 1. The number of ether oxygens (including phenoxy) is 1. The van der Waals surface area contributed by atoms with Gasteiger partial charge in [0.1, 0.15) is 11.1 Å². The molecule has 0 saturated carbocycles. The summed E-state index contributed by atoms with van der Waals surface area (Å²) in [5.74, 6) is 1.17. The van der Waals surface area contributed by atoms with E-state index in [1.807, 2.05) is 0 Å². The van der Waals surface area contributed by atoms with Crippen LogP contribution in [0, 0.1) is 12.3 Å². The Morgan fingerprint density at radius 1 is 1.58 bits per heavy atom. The summed E-state index contributed by atoms with van der Waals surface area (Å²) in [6, 6.07) is 0. The molecule has 1 fully saturated rings. The van der Waals surface area contributed by atoms with Crippen LogP contribution in [0.3, 0.4) is 0 Å². The van der Waals surface area contributed by atoms with E-state index in [4.69, 9.17) is 6.42 Å². The highest BCUT2D eigenvalue weighted by atomic mass is 16.5. The van der Waals surface area contributed by atoms with E-state index in [0.29, 0.717) is 0 Å². The Kier molecular flexibility index (Phi) is 3.89. The maximum atomic E-state index is 12.3. The van der Waals surface area contributed by atoms with Gasteiger partial charge >= 0.3 is 5.97 Å². The van der Waals surface area contributed by atoms with Crippen LogP contribution in [0.4, 0.5) is 0 Å². The first-order valence-electron chi connectivity index (χ1n) is 5.84.